The van der Waals surface area contributed by atoms with E-state index in [1.54, 1.807) is 6.20 Å². The minimum absolute atomic E-state index is 0.111. The Balaban J connectivity index is 1.35. The summed E-state index contributed by atoms with van der Waals surface area (Å²) in [5, 5.41) is 14.0. The molecule has 0 bridgehead atoms. The second-order valence-corrected chi connectivity index (χ2v) is 9.17. The Morgan fingerprint density at radius 1 is 1.31 bits per heavy atom. The maximum Gasteiger partial charge on any atom is 0.239 e. The van der Waals surface area contributed by atoms with Gasteiger partial charge in [-0.1, -0.05) is 17.8 Å². The first kappa shape index (κ1) is 19.9. The van der Waals surface area contributed by atoms with E-state index in [1.807, 2.05) is 30.0 Å². The molecule has 1 unspecified atom stereocenters. The van der Waals surface area contributed by atoms with Crippen LogP contribution in [0.1, 0.15) is 36.7 Å². The van der Waals surface area contributed by atoms with Crippen LogP contribution in [0, 0.1) is 0 Å². The maximum atomic E-state index is 12.3. The summed E-state index contributed by atoms with van der Waals surface area (Å²) in [6.45, 7) is 2.17. The van der Waals surface area contributed by atoms with Crippen molar-refractivity contribution in [1.82, 2.24) is 19.7 Å². The van der Waals surface area contributed by atoms with Gasteiger partial charge in [0, 0.05) is 18.6 Å². The molecule has 1 aliphatic carbocycles. The molecule has 0 spiro atoms. The molecule has 1 atom stereocenters. The number of rotatable bonds is 7. The minimum atomic E-state index is -0.323. The van der Waals surface area contributed by atoms with Gasteiger partial charge in [-0.15, -0.1) is 21.5 Å². The average Bonchev–Trinajstić information content (AvgIpc) is 3.36. The van der Waals surface area contributed by atoms with Crippen LogP contribution in [0.15, 0.2) is 34.9 Å². The zero-order valence-electron chi connectivity index (χ0n) is 16.4. The molecule has 7 nitrogen and oxygen atoms in total. The molecule has 0 fully saturated rings. The fraction of sp³-hybridized carbons (Fsp3) is 0.400. The zero-order chi connectivity index (χ0) is 20.2. The molecular weight excluding hydrogens is 406 g/mol. The molecule has 1 amide bonds. The number of aryl methyl sites for hydroxylation is 2. The lowest BCUT2D eigenvalue weighted by Gasteiger charge is -2.16. The molecule has 1 aromatic carbocycles. The van der Waals surface area contributed by atoms with Crippen molar-refractivity contribution in [2.75, 3.05) is 5.32 Å². The number of nitrogens with one attached hydrogen (secondary N) is 1. The van der Waals surface area contributed by atoms with Gasteiger partial charge in [-0.25, -0.2) is 4.98 Å². The largest absolute Gasteiger partial charge is 0.486 e. The van der Waals surface area contributed by atoms with Crippen molar-refractivity contribution in [1.29, 1.82) is 0 Å². The third-order valence-electron chi connectivity index (χ3n) is 4.93. The van der Waals surface area contributed by atoms with Gasteiger partial charge in [0.25, 0.3) is 0 Å². The SMILES string of the molecule is CC(Sc1nnc(COc2ccc3c(c2)CCCC3)n1C)C(=O)Nc1nccs1. The first-order valence-electron chi connectivity index (χ1n) is 9.60. The zero-order valence-corrected chi connectivity index (χ0v) is 18.1. The molecule has 29 heavy (non-hydrogen) atoms. The Bertz CT molecular complexity index is 987. The highest BCUT2D eigenvalue weighted by Crippen LogP contribution is 2.26. The van der Waals surface area contributed by atoms with E-state index in [0.717, 1.165) is 24.4 Å². The van der Waals surface area contributed by atoms with Gasteiger partial charge in [0.2, 0.25) is 5.91 Å². The van der Waals surface area contributed by atoms with Gasteiger partial charge in [-0.2, -0.15) is 0 Å². The van der Waals surface area contributed by atoms with Crippen LogP contribution in [0.5, 0.6) is 5.75 Å². The smallest absolute Gasteiger partial charge is 0.239 e. The van der Waals surface area contributed by atoms with Crippen LogP contribution in [0.2, 0.25) is 0 Å². The molecule has 1 aliphatic rings. The van der Waals surface area contributed by atoms with Gasteiger partial charge >= 0.3 is 0 Å². The fourth-order valence-electron chi connectivity index (χ4n) is 3.22. The number of carbonyl (C=O) groups excluding carboxylic acids is 1. The van der Waals surface area contributed by atoms with Crippen LogP contribution in [-0.2, 0) is 31.3 Å². The predicted molar refractivity (Wildman–Crippen MR) is 114 cm³/mol. The highest BCUT2D eigenvalue weighted by atomic mass is 32.2. The summed E-state index contributed by atoms with van der Waals surface area (Å²) in [5.74, 6) is 1.47. The molecule has 0 radical (unpaired) electrons. The summed E-state index contributed by atoms with van der Waals surface area (Å²) in [5.41, 5.74) is 2.83. The molecule has 1 N–H and O–H groups in total. The van der Waals surface area contributed by atoms with Gasteiger partial charge in [0.05, 0.1) is 5.25 Å². The molecule has 152 valence electrons. The van der Waals surface area contributed by atoms with Crippen LogP contribution in [0.25, 0.3) is 0 Å². The van der Waals surface area contributed by atoms with E-state index in [9.17, 15) is 4.79 Å². The molecular formula is C20H23N5O2S2. The first-order chi connectivity index (χ1) is 14.1. The topological polar surface area (TPSA) is 81.9 Å². The Hall–Kier alpha value is -2.39. The van der Waals surface area contributed by atoms with Gasteiger partial charge < -0.3 is 14.6 Å². The number of carbonyl (C=O) groups is 1. The third kappa shape index (κ3) is 4.79. The van der Waals surface area contributed by atoms with Crippen LogP contribution in [0.3, 0.4) is 0 Å². The second kappa shape index (κ2) is 8.96. The monoisotopic (exact) mass is 429 g/mol. The summed E-state index contributed by atoms with van der Waals surface area (Å²) in [7, 11) is 1.89. The molecule has 0 aliphatic heterocycles. The molecule has 2 aromatic heterocycles. The van der Waals surface area contributed by atoms with Gasteiger partial charge in [-0.3, -0.25) is 4.79 Å². The first-order valence-corrected chi connectivity index (χ1v) is 11.4. The number of thioether (sulfide) groups is 1. The third-order valence-corrected chi connectivity index (χ3v) is 6.75. The second-order valence-electron chi connectivity index (χ2n) is 6.97. The van der Waals surface area contributed by atoms with Gasteiger partial charge in [0.1, 0.15) is 12.4 Å². The van der Waals surface area contributed by atoms with Gasteiger partial charge in [0.15, 0.2) is 16.1 Å². The Morgan fingerprint density at radius 2 is 2.14 bits per heavy atom. The lowest BCUT2D eigenvalue weighted by molar-refractivity contribution is -0.115. The summed E-state index contributed by atoms with van der Waals surface area (Å²) < 4.78 is 7.83. The fourth-order valence-corrected chi connectivity index (χ4v) is 4.59. The molecule has 3 aromatic rings. The number of nitrogens with zero attached hydrogens (tertiary/aromatic N) is 4. The van der Waals surface area contributed by atoms with Crippen LogP contribution in [0.4, 0.5) is 5.13 Å². The lowest BCUT2D eigenvalue weighted by Crippen LogP contribution is -2.22. The number of fused-ring (bicyclic) bond motifs is 1. The van der Waals surface area contributed by atoms with Crippen molar-refractivity contribution in [2.24, 2.45) is 7.05 Å². The van der Waals surface area contributed by atoms with Crippen LogP contribution < -0.4 is 10.1 Å². The summed E-state index contributed by atoms with van der Waals surface area (Å²) >= 11 is 2.75. The highest BCUT2D eigenvalue weighted by Gasteiger charge is 2.20. The van der Waals surface area contributed by atoms with Crippen molar-refractivity contribution >= 4 is 34.1 Å². The van der Waals surface area contributed by atoms with Crippen molar-refractivity contribution in [2.45, 2.75) is 49.6 Å². The normalized spacial score (nSPS) is 14.3. The van der Waals surface area contributed by atoms with E-state index in [0.29, 0.717) is 16.9 Å². The molecule has 4 rings (SSSR count). The number of hydrogen-bond donors (Lipinski definition) is 1. The molecule has 2 heterocycles. The van der Waals surface area contributed by atoms with Crippen molar-refractivity contribution in [3.63, 3.8) is 0 Å². The van der Waals surface area contributed by atoms with E-state index in [1.165, 1.54) is 47.1 Å². The molecule has 9 heteroatoms. The van der Waals surface area contributed by atoms with E-state index in [4.69, 9.17) is 4.74 Å². The number of ether oxygens (including phenoxy) is 1. The standard InChI is InChI=1S/C20H23N5O2S2/c1-13(18(26)22-19-21-9-10-28-19)29-20-24-23-17(25(20)2)12-27-16-8-7-14-5-3-4-6-15(14)11-16/h7-11,13H,3-6,12H2,1-2H3,(H,21,22,26). The number of aromatic nitrogens is 4. The van der Waals surface area contributed by atoms with E-state index in [2.05, 4.69) is 32.6 Å². The number of amides is 1. The molecule has 0 saturated heterocycles. The number of hydrogen-bond acceptors (Lipinski definition) is 7. The van der Waals surface area contributed by atoms with Crippen LogP contribution >= 0.6 is 23.1 Å². The number of anilines is 1. The minimum Gasteiger partial charge on any atom is -0.486 e. The summed E-state index contributed by atoms with van der Waals surface area (Å²) in [6.07, 6.45) is 6.46. The van der Waals surface area contributed by atoms with Crippen LogP contribution in [-0.4, -0.2) is 30.9 Å². The van der Waals surface area contributed by atoms with Crippen molar-refractivity contribution in [3.05, 3.63) is 46.7 Å². The Kier molecular flexibility index (Phi) is 6.15. The van der Waals surface area contributed by atoms with Crippen molar-refractivity contribution < 1.29 is 9.53 Å². The maximum absolute atomic E-state index is 12.3. The van der Waals surface area contributed by atoms with E-state index < -0.39 is 0 Å². The number of benzene rings is 1. The van der Waals surface area contributed by atoms with Crippen molar-refractivity contribution in [3.8, 4) is 5.75 Å². The highest BCUT2D eigenvalue weighted by molar-refractivity contribution is 8.00. The van der Waals surface area contributed by atoms with Gasteiger partial charge in [-0.05, 0) is 55.9 Å². The van der Waals surface area contributed by atoms with E-state index >= 15 is 0 Å². The van der Waals surface area contributed by atoms with E-state index in [-0.39, 0.29) is 11.2 Å². The summed E-state index contributed by atoms with van der Waals surface area (Å²) in [6, 6.07) is 6.34. The average molecular weight is 430 g/mol. The quantitative estimate of drug-likeness (QED) is 0.575. The predicted octanol–water partition coefficient (Wildman–Crippen LogP) is 3.85. The number of thiazole rings is 1. The summed E-state index contributed by atoms with van der Waals surface area (Å²) in [4.78, 5) is 16.4. The Labute approximate surface area is 177 Å². The lowest BCUT2D eigenvalue weighted by atomic mass is 9.92. The Morgan fingerprint density at radius 3 is 2.93 bits per heavy atom. The molecule has 0 saturated carbocycles.